The minimum atomic E-state index is -0.334. The van der Waals surface area contributed by atoms with Crippen molar-refractivity contribution in [3.8, 4) is 17.9 Å². The second-order valence-corrected chi connectivity index (χ2v) is 7.58. The van der Waals surface area contributed by atoms with E-state index in [2.05, 4.69) is 22.0 Å². The fourth-order valence-corrected chi connectivity index (χ4v) is 3.90. The molecule has 6 heteroatoms. The molecule has 0 unspecified atom stereocenters. The minimum Gasteiger partial charge on any atom is -0.490 e. The van der Waals surface area contributed by atoms with Crippen LogP contribution in [0.3, 0.4) is 0 Å². The van der Waals surface area contributed by atoms with Crippen LogP contribution in [0, 0.1) is 35.4 Å². The van der Waals surface area contributed by atoms with Crippen LogP contribution in [0.1, 0.15) is 35.2 Å². The highest BCUT2D eigenvalue weighted by Gasteiger charge is 2.23. The molecular weight excluding hydrogens is 379 g/mol. The first-order valence-corrected chi connectivity index (χ1v) is 9.95. The van der Waals surface area contributed by atoms with Crippen LogP contribution in [0.25, 0.3) is 10.9 Å². The van der Waals surface area contributed by atoms with Gasteiger partial charge in [0.1, 0.15) is 17.7 Å². The second-order valence-electron chi connectivity index (χ2n) is 7.58. The lowest BCUT2D eigenvalue weighted by atomic mass is 10.0. The highest BCUT2D eigenvalue weighted by molar-refractivity contribution is 5.86. The molecule has 1 aromatic heterocycles. The van der Waals surface area contributed by atoms with Crippen molar-refractivity contribution < 1.29 is 9.13 Å². The molecule has 1 aliphatic rings. The second kappa shape index (κ2) is 8.49. The van der Waals surface area contributed by atoms with Gasteiger partial charge in [-0.1, -0.05) is 6.07 Å². The van der Waals surface area contributed by atoms with E-state index in [9.17, 15) is 14.9 Å². The predicted octanol–water partition coefficient (Wildman–Crippen LogP) is 4.47. The molecule has 0 bridgehead atoms. The number of hydrogen-bond donors (Lipinski definition) is 0. The summed E-state index contributed by atoms with van der Waals surface area (Å²) in [5, 5.41) is 19.3. The molecule has 2 heterocycles. The van der Waals surface area contributed by atoms with Crippen molar-refractivity contribution >= 4 is 10.9 Å². The van der Waals surface area contributed by atoms with Gasteiger partial charge in [-0.25, -0.2) is 4.39 Å². The van der Waals surface area contributed by atoms with Crippen LogP contribution < -0.4 is 4.74 Å². The number of benzene rings is 2. The van der Waals surface area contributed by atoms with Crippen molar-refractivity contribution in [2.75, 3.05) is 13.1 Å². The van der Waals surface area contributed by atoms with Crippen LogP contribution in [-0.2, 0) is 6.54 Å². The van der Waals surface area contributed by atoms with Gasteiger partial charge in [0.2, 0.25) is 0 Å². The predicted molar refractivity (Wildman–Crippen MR) is 111 cm³/mol. The Morgan fingerprint density at radius 2 is 1.93 bits per heavy atom. The van der Waals surface area contributed by atoms with Crippen molar-refractivity contribution in [3.05, 3.63) is 70.7 Å². The van der Waals surface area contributed by atoms with Gasteiger partial charge in [-0.2, -0.15) is 10.5 Å². The quantitative estimate of drug-likeness (QED) is 0.646. The number of aryl methyl sites for hydroxylation is 1. The Balaban J connectivity index is 1.46. The molecule has 1 aliphatic heterocycles. The zero-order chi connectivity index (χ0) is 21.1. The first-order valence-electron chi connectivity index (χ1n) is 9.95. The number of nitrogens with zero attached hydrogens (tertiary/aromatic N) is 4. The number of pyridine rings is 1. The van der Waals surface area contributed by atoms with Gasteiger partial charge in [-0.3, -0.25) is 9.88 Å². The van der Waals surface area contributed by atoms with E-state index in [-0.39, 0.29) is 11.9 Å². The number of rotatable bonds is 4. The van der Waals surface area contributed by atoms with E-state index in [1.165, 1.54) is 6.07 Å². The number of aromatic nitrogens is 1. The van der Waals surface area contributed by atoms with Gasteiger partial charge in [-0.05, 0) is 50.1 Å². The summed E-state index contributed by atoms with van der Waals surface area (Å²) in [5.74, 6) is 0.411. The molecule has 4 rings (SSSR count). The van der Waals surface area contributed by atoms with Gasteiger partial charge in [0.25, 0.3) is 0 Å². The third kappa shape index (κ3) is 4.10. The molecule has 0 spiro atoms. The Kier molecular flexibility index (Phi) is 5.61. The molecular formula is C24H21FN4O. The summed E-state index contributed by atoms with van der Waals surface area (Å²) in [6, 6.07) is 16.2. The Morgan fingerprint density at radius 3 is 2.67 bits per heavy atom. The van der Waals surface area contributed by atoms with E-state index < -0.39 is 0 Å². The molecule has 5 nitrogen and oxygen atoms in total. The van der Waals surface area contributed by atoms with E-state index in [0.717, 1.165) is 48.3 Å². The van der Waals surface area contributed by atoms with Gasteiger partial charge in [0, 0.05) is 42.3 Å². The van der Waals surface area contributed by atoms with Gasteiger partial charge in [-0.15, -0.1) is 0 Å². The van der Waals surface area contributed by atoms with Crippen molar-refractivity contribution in [1.29, 1.82) is 10.5 Å². The lowest BCUT2D eigenvalue weighted by Crippen LogP contribution is -2.38. The smallest absolute Gasteiger partial charge is 0.130 e. The van der Waals surface area contributed by atoms with Crippen LogP contribution in [0.15, 0.2) is 42.5 Å². The van der Waals surface area contributed by atoms with E-state index in [1.54, 1.807) is 18.2 Å². The Hall–Kier alpha value is -3.48. The standard InChI is InChI=1S/C24H21FN4O/c1-16-11-24(20-12-17(13-26)5-6-23(20)28-16)30-19-7-9-29(10-8-19)15-21-18(14-27)3-2-4-22(21)25/h2-6,11-12,19H,7-10,15H2,1H3. The maximum absolute atomic E-state index is 14.2. The molecule has 0 saturated carbocycles. The number of halogens is 1. The Morgan fingerprint density at radius 1 is 1.13 bits per heavy atom. The molecule has 0 aliphatic carbocycles. The average molecular weight is 400 g/mol. The van der Waals surface area contributed by atoms with Gasteiger partial charge >= 0.3 is 0 Å². The van der Waals surface area contributed by atoms with E-state index in [1.807, 2.05) is 25.1 Å². The number of fused-ring (bicyclic) bond motifs is 1. The van der Waals surface area contributed by atoms with Crippen molar-refractivity contribution in [2.24, 2.45) is 0 Å². The van der Waals surface area contributed by atoms with Crippen molar-refractivity contribution in [1.82, 2.24) is 9.88 Å². The third-order valence-corrected chi connectivity index (χ3v) is 5.48. The lowest BCUT2D eigenvalue weighted by molar-refractivity contribution is 0.0972. The van der Waals surface area contributed by atoms with Crippen LogP contribution in [0.5, 0.6) is 5.75 Å². The number of piperidine rings is 1. The van der Waals surface area contributed by atoms with E-state index >= 15 is 0 Å². The van der Waals surface area contributed by atoms with Gasteiger partial charge in [0.15, 0.2) is 0 Å². The SMILES string of the molecule is Cc1cc(OC2CCN(Cc3c(F)cccc3C#N)CC2)c2cc(C#N)ccc2n1. The summed E-state index contributed by atoms with van der Waals surface area (Å²) in [5.41, 5.74) is 3.10. The number of likely N-dealkylation sites (tertiary alicyclic amines) is 1. The van der Waals surface area contributed by atoms with Crippen molar-refractivity contribution in [2.45, 2.75) is 32.4 Å². The summed E-state index contributed by atoms with van der Waals surface area (Å²) in [6.07, 6.45) is 1.64. The van der Waals surface area contributed by atoms with E-state index in [4.69, 9.17) is 4.74 Å². The summed E-state index contributed by atoms with van der Waals surface area (Å²) in [7, 11) is 0. The van der Waals surface area contributed by atoms with Crippen molar-refractivity contribution in [3.63, 3.8) is 0 Å². The molecule has 0 N–H and O–H groups in total. The zero-order valence-electron chi connectivity index (χ0n) is 16.7. The largest absolute Gasteiger partial charge is 0.490 e. The number of nitriles is 2. The maximum Gasteiger partial charge on any atom is 0.130 e. The fourth-order valence-electron chi connectivity index (χ4n) is 3.90. The van der Waals surface area contributed by atoms with Crippen LogP contribution in [0.4, 0.5) is 4.39 Å². The molecule has 3 aromatic rings. The molecule has 2 aromatic carbocycles. The summed E-state index contributed by atoms with van der Waals surface area (Å²) in [4.78, 5) is 6.68. The molecule has 0 atom stereocenters. The fraction of sp³-hybridized carbons (Fsp3) is 0.292. The highest BCUT2D eigenvalue weighted by Crippen LogP contribution is 2.29. The Labute approximate surface area is 174 Å². The summed E-state index contributed by atoms with van der Waals surface area (Å²) < 4.78 is 20.5. The molecule has 30 heavy (non-hydrogen) atoms. The van der Waals surface area contributed by atoms with E-state index in [0.29, 0.717) is 23.2 Å². The van der Waals surface area contributed by atoms with Crippen LogP contribution in [-0.4, -0.2) is 29.1 Å². The highest BCUT2D eigenvalue weighted by atomic mass is 19.1. The lowest BCUT2D eigenvalue weighted by Gasteiger charge is -2.32. The number of hydrogen-bond acceptors (Lipinski definition) is 5. The van der Waals surface area contributed by atoms with Gasteiger partial charge < -0.3 is 4.74 Å². The summed E-state index contributed by atoms with van der Waals surface area (Å²) >= 11 is 0. The zero-order valence-corrected chi connectivity index (χ0v) is 16.7. The average Bonchev–Trinajstić information content (AvgIpc) is 2.76. The van der Waals surface area contributed by atoms with Crippen LogP contribution >= 0.6 is 0 Å². The molecule has 150 valence electrons. The summed E-state index contributed by atoms with van der Waals surface area (Å²) in [6.45, 7) is 3.87. The Bertz CT molecular complexity index is 1170. The third-order valence-electron chi connectivity index (χ3n) is 5.48. The minimum absolute atomic E-state index is 0.0352. The first kappa shape index (κ1) is 19.8. The van der Waals surface area contributed by atoms with Gasteiger partial charge in [0.05, 0.1) is 28.8 Å². The topological polar surface area (TPSA) is 72.9 Å². The van der Waals surface area contributed by atoms with Crippen LogP contribution in [0.2, 0.25) is 0 Å². The molecule has 1 fully saturated rings. The molecule has 1 saturated heterocycles. The monoisotopic (exact) mass is 400 g/mol. The molecule has 0 radical (unpaired) electrons. The first-order chi connectivity index (χ1) is 14.6. The molecule has 0 amide bonds. The maximum atomic E-state index is 14.2. The normalized spacial score (nSPS) is 14.9. The number of ether oxygens (including phenoxy) is 1.